The molecule has 0 aromatic heterocycles. The van der Waals surface area contributed by atoms with Gasteiger partial charge in [-0.05, 0) is 0 Å². The van der Waals surface area contributed by atoms with Gasteiger partial charge in [0.25, 0.3) is 0 Å². The minimum Gasteiger partial charge on any atom is -0.461 e. The number of carbonyl (C=O) groups excluding carboxylic acids is 1. The van der Waals surface area contributed by atoms with Gasteiger partial charge in [-0.3, -0.25) is 4.79 Å². The first-order valence-corrected chi connectivity index (χ1v) is 3.97. The van der Waals surface area contributed by atoms with Gasteiger partial charge in [-0.2, -0.15) is 5.26 Å². The molecule has 66 valence electrons. The molecule has 4 heteroatoms. The molecule has 0 radical (unpaired) electrons. The van der Waals surface area contributed by atoms with Crippen LogP contribution in [0.5, 0.6) is 0 Å². The average Bonchev–Trinajstić information content (AvgIpc) is 2.06. The van der Waals surface area contributed by atoms with Gasteiger partial charge in [0, 0.05) is 12.8 Å². The first kappa shape index (κ1) is 9.01. The molecule has 1 aliphatic heterocycles. The van der Waals surface area contributed by atoms with Crippen molar-refractivity contribution in [1.82, 2.24) is 0 Å². The molecule has 0 aliphatic carbocycles. The van der Waals surface area contributed by atoms with E-state index in [1.165, 1.54) is 0 Å². The number of carbonyl (C=O) groups is 1. The molecule has 1 fully saturated rings. The van der Waals surface area contributed by atoms with Crippen LogP contribution in [-0.2, 0) is 14.3 Å². The van der Waals surface area contributed by atoms with Gasteiger partial charge in [0.1, 0.15) is 12.5 Å². The van der Waals surface area contributed by atoms with Crippen LogP contribution < -0.4 is 0 Å². The summed E-state index contributed by atoms with van der Waals surface area (Å²) in [5.41, 5.74) is 0. The zero-order chi connectivity index (χ0) is 8.81. The Hall–Kier alpha value is -1.08. The fraction of sp³-hybridized carbons (Fsp3) is 0.750. The van der Waals surface area contributed by atoms with E-state index in [4.69, 9.17) is 14.7 Å². The summed E-state index contributed by atoms with van der Waals surface area (Å²) in [5.74, 6) is -0.426. The molecule has 1 heterocycles. The van der Waals surface area contributed by atoms with E-state index in [-0.39, 0.29) is 12.5 Å². The van der Waals surface area contributed by atoms with Crippen LogP contribution in [0.15, 0.2) is 0 Å². The van der Waals surface area contributed by atoms with Gasteiger partial charge < -0.3 is 9.47 Å². The van der Waals surface area contributed by atoms with Crippen LogP contribution in [0.2, 0.25) is 0 Å². The molecule has 0 aromatic rings. The van der Waals surface area contributed by atoms with E-state index in [0.717, 1.165) is 12.8 Å². The molecule has 0 N–H and O–H groups in total. The van der Waals surface area contributed by atoms with E-state index in [0.29, 0.717) is 13.2 Å². The van der Waals surface area contributed by atoms with Crippen molar-refractivity contribution in [2.75, 3.05) is 13.2 Å². The minimum absolute atomic E-state index is 0.0420. The zero-order valence-corrected chi connectivity index (χ0v) is 6.78. The molecule has 0 bridgehead atoms. The van der Waals surface area contributed by atoms with E-state index in [1.807, 2.05) is 0 Å². The Morgan fingerprint density at radius 3 is 2.83 bits per heavy atom. The number of nitrogens with zero attached hydrogens (tertiary/aromatic N) is 1. The Morgan fingerprint density at radius 2 is 2.25 bits per heavy atom. The maximum Gasteiger partial charge on any atom is 0.320 e. The van der Waals surface area contributed by atoms with Gasteiger partial charge in [-0.1, -0.05) is 0 Å². The summed E-state index contributed by atoms with van der Waals surface area (Å²) in [6.07, 6.45) is 1.30. The van der Waals surface area contributed by atoms with E-state index in [9.17, 15) is 4.79 Å². The van der Waals surface area contributed by atoms with Gasteiger partial charge in [-0.25, -0.2) is 0 Å². The monoisotopic (exact) mass is 169 g/mol. The number of rotatable bonds is 2. The number of nitriles is 1. The lowest BCUT2D eigenvalue weighted by atomic mass is 10.1. The largest absolute Gasteiger partial charge is 0.461 e. The third-order valence-corrected chi connectivity index (χ3v) is 1.69. The Morgan fingerprint density at radius 1 is 1.58 bits per heavy atom. The van der Waals surface area contributed by atoms with Gasteiger partial charge in [0.15, 0.2) is 0 Å². The van der Waals surface area contributed by atoms with Crippen LogP contribution in [0.1, 0.15) is 19.3 Å². The second kappa shape index (κ2) is 4.73. The maximum atomic E-state index is 10.8. The molecule has 1 saturated heterocycles. The maximum absolute atomic E-state index is 10.8. The SMILES string of the molecule is N#CCC(=O)OC1CCOCC1. The Labute approximate surface area is 71.1 Å². The van der Waals surface area contributed by atoms with Gasteiger partial charge >= 0.3 is 5.97 Å². The van der Waals surface area contributed by atoms with Crippen molar-refractivity contribution in [3.63, 3.8) is 0 Å². The van der Waals surface area contributed by atoms with Crippen molar-refractivity contribution < 1.29 is 14.3 Å². The normalized spacial score (nSPS) is 18.2. The Kier molecular flexibility index (Phi) is 3.55. The van der Waals surface area contributed by atoms with Crippen molar-refractivity contribution in [2.45, 2.75) is 25.4 Å². The van der Waals surface area contributed by atoms with Crippen LogP contribution >= 0.6 is 0 Å². The van der Waals surface area contributed by atoms with Crippen LogP contribution in [0, 0.1) is 11.3 Å². The third-order valence-electron chi connectivity index (χ3n) is 1.69. The van der Waals surface area contributed by atoms with Crippen molar-refractivity contribution in [1.29, 1.82) is 5.26 Å². The van der Waals surface area contributed by atoms with Crippen molar-refractivity contribution in [3.8, 4) is 6.07 Å². The van der Waals surface area contributed by atoms with E-state index < -0.39 is 5.97 Å². The van der Waals surface area contributed by atoms with E-state index >= 15 is 0 Å². The second-order valence-corrected chi connectivity index (χ2v) is 2.64. The van der Waals surface area contributed by atoms with Crippen LogP contribution in [0.3, 0.4) is 0 Å². The van der Waals surface area contributed by atoms with Gasteiger partial charge in [0.2, 0.25) is 0 Å². The molecule has 0 atom stereocenters. The standard InChI is InChI=1S/C8H11NO3/c9-4-1-8(10)12-7-2-5-11-6-3-7/h7H,1-3,5-6H2. The van der Waals surface area contributed by atoms with Crippen LogP contribution in [0.25, 0.3) is 0 Å². The lowest BCUT2D eigenvalue weighted by molar-refractivity contribution is -0.151. The predicted octanol–water partition coefficient (Wildman–Crippen LogP) is 0.622. The molecule has 4 nitrogen and oxygen atoms in total. The highest BCUT2D eigenvalue weighted by molar-refractivity contribution is 5.71. The highest BCUT2D eigenvalue weighted by Crippen LogP contribution is 2.10. The second-order valence-electron chi connectivity index (χ2n) is 2.64. The van der Waals surface area contributed by atoms with E-state index in [1.54, 1.807) is 6.07 Å². The molecule has 0 spiro atoms. The summed E-state index contributed by atoms with van der Waals surface area (Å²) >= 11 is 0. The van der Waals surface area contributed by atoms with Gasteiger partial charge in [0.05, 0.1) is 19.3 Å². The summed E-state index contributed by atoms with van der Waals surface area (Å²) in [4.78, 5) is 10.8. The topological polar surface area (TPSA) is 59.3 Å². The van der Waals surface area contributed by atoms with Crippen molar-refractivity contribution in [2.24, 2.45) is 0 Å². The first-order chi connectivity index (χ1) is 5.83. The number of hydrogen-bond acceptors (Lipinski definition) is 4. The summed E-state index contributed by atoms with van der Waals surface area (Å²) in [6, 6.07) is 1.75. The molecule has 0 amide bonds. The Balaban J connectivity index is 2.21. The molecule has 1 aliphatic rings. The summed E-state index contributed by atoms with van der Waals surface area (Å²) in [5, 5.41) is 8.19. The highest BCUT2D eigenvalue weighted by Gasteiger charge is 2.17. The minimum atomic E-state index is -0.426. The molecular weight excluding hydrogens is 158 g/mol. The fourth-order valence-corrected chi connectivity index (χ4v) is 1.09. The quantitative estimate of drug-likeness (QED) is 0.568. The summed E-state index contributed by atoms with van der Waals surface area (Å²) in [6.45, 7) is 1.29. The smallest absolute Gasteiger partial charge is 0.320 e. The zero-order valence-electron chi connectivity index (χ0n) is 6.78. The lowest BCUT2D eigenvalue weighted by Crippen LogP contribution is -2.25. The van der Waals surface area contributed by atoms with Crippen LogP contribution in [-0.4, -0.2) is 25.3 Å². The number of hydrogen-bond donors (Lipinski definition) is 0. The van der Waals surface area contributed by atoms with Crippen molar-refractivity contribution in [3.05, 3.63) is 0 Å². The lowest BCUT2D eigenvalue weighted by Gasteiger charge is -2.21. The predicted molar refractivity (Wildman–Crippen MR) is 40.2 cm³/mol. The molecule has 0 saturated carbocycles. The van der Waals surface area contributed by atoms with Crippen molar-refractivity contribution >= 4 is 5.97 Å². The average molecular weight is 169 g/mol. The molecule has 1 rings (SSSR count). The molecule has 0 aromatic carbocycles. The number of ether oxygens (including phenoxy) is 2. The highest BCUT2D eigenvalue weighted by atomic mass is 16.5. The first-order valence-electron chi connectivity index (χ1n) is 3.97. The molecule has 0 unspecified atom stereocenters. The summed E-state index contributed by atoms with van der Waals surface area (Å²) in [7, 11) is 0. The van der Waals surface area contributed by atoms with Gasteiger partial charge in [-0.15, -0.1) is 0 Å². The van der Waals surface area contributed by atoms with E-state index in [2.05, 4.69) is 0 Å². The third kappa shape index (κ3) is 2.89. The molecule has 12 heavy (non-hydrogen) atoms. The fourth-order valence-electron chi connectivity index (χ4n) is 1.09. The number of esters is 1. The molecular formula is C8H11NO3. The summed E-state index contributed by atoms with van der Waals surface area (Å²) < 4.78 is 10.1. The van der Waals surface area contributed by atoms with Crippen LogP contribution in [0.4, 0.5) is 0 Å². The Bertz CT molecular complexity index is 191.